The van der Waals surface area contributed by atoms with E-state index in [9.17, 15) is 9.90 Å². The van der Waals surface area contributed by atoms with Crippen molar-refractivity contribution in [2.24, 2.45) is 0 Å². The van der Waals surface area contributed by atoms with Gasteiger partial charge in [-0.3, -0.25) is 4.79 Å². The maximum atomic E-state index is 10.8. The number of hydrogen-bond acceptors (Lipinski definition) is 2. The number of carboxylic acid groups (broad SMARTS) is 1. The number of hydrogen-bond donors (Lipinski definition) is 2. The number of benzene rings is 1. The smallest absolute Gasteiger partial charge is 0.304 e. The van der Waals surface area contributed by atoms with Gasteiger partial charge in [0.2, 0.25) is 0 Å². The number of aryl methyl sites for hydroxylation is 1. The Morgan fingerprint density at radius 2 is 2.19 bits per heavy atom. The molecule has 2 N–H and O–H groups in total. The summed E-state index contributed by atoms with van der Waals surface area (Å²) < 4.78 is 0. The monoisotopic (exact) mass is 220 g/mol. The van der Waals surface area contributed by atoms with E-state index in [1.54, 1.807) is 18.2 Å². The molecule has 0 saturated heterocycles. The molecule has 1 rings (SSSR count). The molecule has 0 aliphatic rings. The van der Waals surface area contributed by atoms with Crippen LogP contribution in [0.25, 0.3) is 0 Å². The van der Waals surface area contributed by atoms with E-state index in [1.807, 2.05) is 26.0 Å². The zero-order chi connectivity index (χ0) is 12.1. The second kappa shape index (κ2) is 5.35. The lowest BCUT2D eigenvalue weighted by Crippen LogP contribution is -2.05. The number of aliphatic carboxylic acids is 1. The number of carbonyl (C=O) groups is 1. The van der Waals surface area contributed by atoms with Crippen LogP contribution >= 0.6 is 0 Å². The Balaban J connectivity index is 3.05. The fourth-order valence-corrected chi connectivity index (χ4v) is 1.78. The topological polar surface area (TPSA) is 57.5 Å². The van der Waals surface area contributed by atoms with Gasteiger partial charge in [-0.1, -0.05) is 18.2 Å². The van der Waals surface area contributed by atoms with Crippen LogP contribution in [0.5, 0.6) is 5.75 Å². The van der Waals surface area contributed by atoms with Gasteiger partial charge in [-0.25, -0.2) is 0 Å². The van der Waals surface area contributed by atoms with E-state index in [2.05, 4.69) is 0 Å². The minimum absolute atomic E-state index is 0.0654. The number of phenolic OH excluding ortho intramolecular Hbond substituents is 1. The Morgan fingerprint density at radius 3 is 2.69 bits per heavy atom. The van der Waals surface area contributed by atoms with E-state index < -0.39 is 5.97 Å². The Labute approximate surface area is 95.0 Å². The summed E-state index contributed by atoms with van der Waals surface area (Å²) in [6.45, 7) is 3.73. The highest BCUT2D eigenvalue weighted by molar-refractivity contribution is 5.68. The van der Waals surface area contributed by atoms with Gasteiger partial charge in [0.25, 0.3) is 0 Å². The number of phenols is 1. The summed E-state index contributed by atoms with van der Waals surface area (Å²) in [4.78, 5) is 10.8. The van der Waals surface area contributed by atoms with Gasteiger partial charge in [0.05, 0.1) is 6.42 Å². The summed E-state index contributed by atoms with van der Waals surface area (Å²) in [5.74, 6) is -0.755. The average Bonchev–Trinajstić information content (AvgIpc) is 2.16. The lowest BCUT2D eigenvalue weighted by atomic mass is 9.91. The molecule has 0 fully saturated rings. The molecule has 3 nitrogen and oxygen atoms in total. The Kier molecular flexibility index (Phi) is 4.11. The molecule has 1 aromatic rings. The van der Waals surface area contributed by atoms with Crippen molar-refractivity contribution in [2.75, 3.05) is 0 Å². The molecule has 0 aliphatic heterocycles. The minimum atomic E-state index is -0.824. The molecule has 0 bridgehead atoms. The van der Waals surface area contributed by atoms with E-state index in [0.717, 1.165) is 11.1 Å². The van der Waals surface area contributed by atoms with Crippen molar-refractivity contribution in [3.05, 3.63) is 41.5 Å². The van der Waals surface area contributed by atoms with Crippen molar-refractivity contribution in [3.8, 4) is 5.75 Å². The molecule has 1 atom stereocenters. The lowest BCUT2D eigenvalue weighted by molar-refractivity contribution is -0.137. The van der Waals surface area contributed by atoms with Crippen LogP contribution in [0, 0.1) is 6.92 Å². The Bertz CT molecular complexity index is 408. The molecule has 0 amide bonds. The molecular weight excluding hydrogens is 204 g/mol. The van der Waals surface area contributed by atoms with Gasteiger partial charge in [0, 0.05) is 5.92 Å². The number of rotatable bonds is 4. The molecule has 16 heavy (non-hydrogen) atoms. The maximum absolute atomic E-state index is 10.8. The number of carboxylic acids is 1. The van der Waals surface area contributed by atoms with Crippen LogP contribution in [0.3, 0.4) is 0 Å². The number of allylic oxidation sites excluding steroid dienone is 2. The average molecular weight is 220 g/mol. The highest BCUT2D eigenvalue weighted by Crippen LogP contribution is 2.27. The van der Waals surface area contributed by atoms with Crippen LogP contribution in [0.1, 0.15) is 30.4 Å². The molecular formula is C13H16O3. The molecule has 0 saturated carbocycles. The van der Waals surface area contributed by atoms with Gasteiger partial charge < -0.3 is 10.2 Å². The van der Waals surface area contributed by atoms with Crippen molar-refractivity contribution < 1.29 is 15.0 Å². The van der Waals surface area contributed by atoms with E-state index in [4.69, 9.17) is 5.11 Å². The predicted molar refractivity (Wildman–Crippen MR) is 62.7 cm³/mol. The molecule has 3 heteroatoms. The van der Waals surface area contributed by atoms with Crippen LogP contribution in [0.4, 0.5) is 0 Å². The van der Waals surface area contributed by atoms with Gasteiger partial charge in [0.1, 0.15) is 5.75 Å². The first kappa shape index (κ1) is 12.3. The van der Waals surface area contributed by atoms with Crippen molar-refractivity contribution >= 4 is 5.97 Å². The summed E-state index contributed by atoms with van der Waals surface area (Å²) in [6.07, 6.45) is 3.78. The summed E-state index contributed by atoms with van der Waals surface area (Å²) in [7, 11) is 0. The van der Waals surface area contributed by atoms with Crippen molar-refractivity contribution in [1.29, 1.82) is 0 Å². The summed E-state index contributed by atoms with van der Waals surface area (Å²) in [6, 6.07) is 5.01. The predicted octanol–water partition coefficient (Wildman–Crippen LogP) is 2.84. The summed E-state index contributed by atoms with van der Waals surface area (Å²) in [5, 5.41) is 18.1. The third kappa shape index (κ3) is 3.12. The lowest BCUT2D eigenvalue weighted by Gasteiger charge is -2.13. The highest BCUT2D eigenvalue weighted by atomic mass is 16.4. The third-order valence-electron chi connectivity index (χ3n) is 2.47. The third-order valence-corrected chi connectivity index (χ3v) is 2.47. The van der Waals surface area contributed by atoms with Gasteiger partial charge in [-0.05, 0) is 37.1 Å². The van der Waals surface area contributed by atoms with E-state index >= 15 is 0 Å². The maximum Gasteiger partial charge on any atom is 0.304 e. The molecule has 0 spiro atoms. The van der Waals surface area contributed by atoms with Crippen molar-refractivity contribution in [3.63, 3.8) is 0 Å². The molecule has 1 unspecified atom stereocenters. The first-order chi connectivity index (χ1) is 7.54. The van der Waals surface area contributed by atoms with E-state index in [-0.39, 0.29) is 18.1 Å². The molecule has 0 aromatic heterocycles. The molecule has 0 radical (unpaired) electrons. The van der Waals surface area contributed by atoms with Crippen LogP contribution in [-0.2, 0) is 4.79 Å². The van der Waals surface area contributed by atoms with Crippen LogP contribution < -0.4 is 0 Å². The van der Waals surface area contributed by atoms with Crippen LogP contribution in [-0.4, -0.2) is 16.2 Å². The molecule has 0 heterocycles. The standard InChI is InChI=1S/C13H16O3/c1-3-4-10(8-13(15)16)12-6-5-11(14)7-9(12)2/h3-7,10,14H,8H2,1-2H3,(H,15,16)/b4-3+. The largest absolute Gasteiger partial charge is 0.508 e. The van der Waals surface area contributed by atoms with Crippen molar-refractivity contribution in [1.82, 2.24) is 0 Å². The second-order valence-corrected chi connectivity index (χ2v) is 3.77. The SMILES string of the molecule is C/C=C/C(CC(=O)O)c1ccc(O)cc1C. The summed E-state index contributed by atoms with van der Waals surface area (Å²) >= 11 is 0. The van der Waals surface area contributed by atoms with Gasteiger partial charge >= 0.3 is 5.97 Å². The van der Waals surface area contributed by atoms with Gasteiger partial charge in [-0.15, -0.1) is 0 Å². The fourth-order valence-electron chi connectivity index (χ4n) is 1.78. The molecule has 1 aromatic carbocycles. The zero-order valence-electron chi connectivity index (χ0n) is 9.47. The number of aromatic hydroxyl groups is 1. The first-order valence-corrected chi connectivity index (χ1v) is 5.18. The van der Waals surface area contributed by atoms with Crippen molar-refractivity contribution in [2.45, 2.75) is 26.2 Å². The molecule has 86 valence electrons. The van der Waals surface area contributed by atoms with E-state index in [1.165, 1.54) is 0 Å². The first-order valence-electron chi connectivity index (χ1n) is 5.18. The molecule has 0 aliphatic carbocycles. The normalized spacial score (nSPS) is 12.9. The Hall–Kier alpha value is -1.77. The zero-order valence-corrected chi connectivity index (χ0v) is 9.47. The van der Waals surface area contributed by atoms with E-state index in [0.29, 0.717) is 0 Å². The van der Waals surface area contributed by atoms with Crippen LogP contribution in [0.2, 0.25) is 0 Å². The highest BCUT2D eigenvalue weighted by Gasteiger charge is 2.14. The fraction of sp³-hybridized carbons (Fsp3) is 0.308. The summed E-state index contributed by atoms with van der Waals surface area (Å²) in [5.41, 5.74) is 1.85. The quantitative estimate of drug-likeness (QED) is 0.767. The minimum Gasteiger partial charge on any atom is -0.508 e. The second-order valence-electron chi connectivity index (χ2n) is 3.77. The van der Waals surface area contributed by atoms with Gasteiger partial charge in [0.15, 0.2) is 0 Å². The Morgan fingerprint density at radius 1 is 1.50 bits per heavy atom. The van der Waals surface area contributed by atoms with Gasteiger partial charge in [-0.2, -0.15) is 0 Å². The van der Waals surface area contributed by atoms with Crippen LogP contribution in [0.15, 0.2) is 30.4 Å².